The minimum absolute atomic E-state index is 0.0581. The summed E-state index contributed by atoms with van der Waals surface area (Å²) >= 11 is 0. The first-order chi connectivity index (χ1) is 11.4. The van der Waals surface area contributed by atoms with Crippen molar-refractivity contribution in [2.45, 2.75) is 13.3 Å². The Bertz CT molecular complexity index is 790. The summed E-state index contributed by atoms with van der Waals surface area (Å²) in [4.78, 5) is 25.9. The topological polar surface area (TPSA) is 49.4 Å². The minimum atomic E-state index is -0.535. The van der Waals surface area contributed by atoms with Crippen LogP contribution in [-0.2, 0) is 9.59 Å². The fraction of sp³-hybridized carbons (Fsp3) is 0.222. The largest absolute Gasteiger partial charge is 0.326 e. The standard InChI is InChI=1S/C18H16F2N2O2/c1-11-2-7-15(9-16(11)20)22-10-12(8-17(22)23)18(24)21-14-5-3-13(19)4-6-14/h2-7,9,12H,8,10H2,1H3,(H,21,24)/t12-/m0/s1. The number of nitrogens with zero attached hydrogens (tertiary/aromatic N) is 1. The number of anilines is 2. The number of nitrogens with one attached hydrogen (secondary N) is 1. The van der Waals surface area contributed by atoms with Crippen LogP contribution in [0, 0.1) is 24.5 Å². The first-order valence-electron chi connectivity index (χ1n) is 7.57. The third-order valence-electron chi connectivity index (χ3n) is 4.07. The van der Waals surface area contributed by atoms with Crippen molar-refractivity contribution >= 4 is 23.2 Å². The van der Waals surface area contributed by atoms with E-state index in [0.29, 0.717) is 16.9 Å². The highest BCUT2D eigenvalue weighted by molar-refractivity contribution is 6.03. The average molecular weight is 330 g/mol. The van der Waals surface area contributed by atoms with Gasteiger partial charge in [0.25, 0.3) is 0 Å². The fourth-order valence-corrected chi connectivity index (χ4v) is 2.66. The molecule has 2 amide bonds. The summed E-state index contributed by atoms with van der Waals surface area (Å²) in [5.74, 6) is -1.86. The Morgan fingerprint density at radius 1 is 1.17 bits per heavy atom. The van der Waals surface area contributed by atoms with E-state index in [4.69, 9.17) is 0 Å². The molecule has 0 aromatic heterocycles. The Morgan fingerprint density at radius 2 is 1.88 bits per heavy atom. The van der Waals surface area contributed by atoms with E-state index >= 15 is 0 Å². The Morgan fingerprint density at radius 3 is 2.54 bits per heavy atom. The number of benzene rings is 2. The van der Waals surface area contributed by atoms with Crippen LogP contribution in [0.1, 0.15) is 12.0 Å². The lowest BCUT2D eigenvalue weighted by Crippen LogP contribution is -2.28. The maximum Gasteiger partial charge on any atom is 0.229 e. The van der Waals surface area contributed by atoms with Gasteiger partial charge in [0, 0.05) is 24.3 Å². The Labute approximate surface area is 138 Å². The van der Waals surface area contributed by atoms with Crippen molar-refractivity contribution in [3.8, 4) is 0 Å². The van der Waals surface area contributed by atoms with Crippen LogP contribution in [0.4, 0.5) is 20.2 Å². The van der Waals surface area contributed by atoms with Crippen molar-refractivity contribution in [1.29, 1.82) is 0 Å². The molecule has 6 heteroatoms. The molecule has 1 N–H and O–H groups in total. The van der Waals surface area contributed by atoms with Gasteiger partial charge in [-0.1, -0.05) is 6.07 Å². The van der Waals surface area contributed by atoms with Crippen LogP contribution in [0.15, 0.2) is 42.5 Å². The maximum atomic E-state index is 13.7. The highest BCUT2D eigenvalue weighted by Gasteiger charge is 2.35. The lowest BCUT2D eigenvalue weighted by Gasteiger charge is -2.17. The molecular formula is C18H16F2N2O2. The second-order valence-electron chi connectivity index (χ2n) is 5.84. The SMILES string of the molecule is Cc1ccc(N2C[C@@H](C(=O)Nc3ccc(F)cc3)CC2=O)cc1F. The monoisotopic (exact) mass is 330 g/mol. The van der Waals surface area contributed by atoms with Crippen molar-refractivity contribution in [2.24, 2.45) is 5.92 Å². The average Bonchev–Trinajstić information content (AvgIpc) is 2.94. The van der Waals surface area contributed by atoms with Gasteiger partial charge in [-0.3, -0.25) is 9.59 Å². The molecule has 0 spiro atoms. The van der Waals surface area contributed by atoms with E-state index in [1.54, 1.807) is 19.1 Å². The summed E-state index contributed by atoms with van der Waals surface area (Å²) in [5.41, 5.74) is 1.41. The van der Waals surface area contributed by atoms with E-state index in [9.17, 15) is 18.4 Å². The van der Waals surface area contributed by atoms with Gasteiger partial charge in [0.1, 0.15) is 11.6 Å². The number of carbonyl (C=O) groups excluding carboxylic acids is 2. The minimum Gasteiger partial charge on any atom is -0.326 e. The van der Waals surface area contributed by atoms with Gasteiger partial charge in [-0.2, -0.15) is 0 Å². The molecule has 1 heterocycles. The van der Waals surface area contributed by atoms with E-state index in [0.717, 1.165) is 0 Å². The zero-order valence-corrected chi connectivity index (χ0v) is 13.1. The van der Waals surface area contributed by atoms with E-state index in [1.165, 1.54) is 35.2 Å². The Balaban J connectivity index is 1.70. The molecule has 0 radical (unpaired) electrons. The lowest BCUT2D eigenvalue weighted by atomic mass is 10.1. The van der Waals surface area contributed by atoms with E-state index < -0.39 is 11.7 Å². The lowest BCUT2D eigenvalue weighted by molar-refractivity contribution is -0.122. The summed E-state index contributed by atoms with van der Waals surface area (Å²) in [5, 5.41) is 2.67. The molecule has 0 saturated carbocycles. The van der Waals surface area contributed by atoms with Crippen molar-refractivity contribution < 1.29 is 18.4 Å². The summed E-state index contributed by atoms with van der Waals surface area (Å²) in [6.45, 7) is 1.83. The molecule has 0 unspecified atom stereocenters. The third kappa shape index (κ3) is 3.27. The molecule has 0 bridgehead atoms. The molecule has 24 heavy (non-hydrogen) atoms. The van der Waals surface area contributed by atoms with Gasteiger partial charge in [-0.25, -0.2) is 8.78 Å². The smallest absolute Gasteiger partial charge is 0.229 e. The van der Waals surface area contributed by atoms with Gasteiger partial charge >= 0.3 is 0 Å². The number of rotatable bonds is 3. The van der Waals surface area contributed by atoms with Gasteiger partial charge in [0.2, 0.25) is 11.8 Å². The summed E-state index contributed by atoms with van der Waals surface area (Å²) < 4.78 is 26.6. The van der Waals surface area contributed by atoms with Crippen molar-refractivity contribution in [2.75, 3.05) is 16.8 Å². The molecule has 0 aliphatic carbocycles. The number of hydrogen-bond acceptors (Lipinski definition) is 2. The van der Waals surface area contributed by atoms with Crippen molar-refractivity contribution in [3.05, 3.63) is 59.7 Å². The molecule has 2 aromatic rings. The molecule has 1 saturated heterocycles. The summed E-state index contributed by atoms with van der Waals surface area (Å²) in [7, 11) is 0. The first-order valence-corrected chi connectivity index (χ1v) is 7.57. The highest BCUT2D eigenvalue weighted by atomic mass is 19.1. The molecule has 1 fully saturated rings. The quantitative estimate of drug-likeness (QED) is 0.939. The number of carbonyl (C=O) groups is 2. The van der Waals surface area contributed by atoms with Crippen molar-refractivity contribution in [3.63, 3.8) is 0 Å². The number of halogens is 2. The summed E-state index contributed by atoms with van der Waals surface area (Å²) in [6, 6.07) is 9.97. The van der Waals surface area contributed by atoms with Gasteiger partial charge in [0.05, 0.1) is 5.92 Å². The second-order valence-corrected chi connectivity index (χ2v) is 5.84. The normalized spacial score (nSPS) is 17.2. The molecule has 3 rings (SSSR count). The zero-order chi connectivity index (χ0) is 17.3. The molecule has 1 aliphatic heterocycles. The fourth-order valence-electron chi connectivity index (χ4n) is 2.66. The van der Waals surface area contributed by atoms with Crippen LogP contribution in [0.2, 0.25) is 0 Å². The Hall–Kier alpha value is -2.76. The predicted molar refractivity (Wildman–Crippen MR) is 86.6 cm³/mol. The molecule has 1 aliphatic rings. The maximum absolute atomic E-state index is 13.7. The molecule has 2 aromatic carbocycles. The van der Waals surface area contributed by atoms with Crippen LogP contribution >= 0.6 is 0 Å². The summed E-state index contributed by atoms with van der Waals surface area (Å²) in [6.07, 6.45) is 0.0581. The molecule has 124 valence electrons. The van der Waals surface area contributed by atoms with Crippen LogP contribution < -0.4 is 10.2 Å². The number of hydrogen-bond donors (Lipinski definition) is 1. The third-order valence-corrected chi connectivity index (χ3v) is 4.07. The van der Waals surface area contributed by atoms with Crippen LogP contribution in [0.3, 0.4) is 0 Å². The Kier molecular flexibility index (Phi) is 4.29. The van der Waals surface area contributed by atoms with Gasteiger partial charge in [-0.15, -0.1) is 0 Å². The van der Waals surface area contributed by atoms with Gasteiger partial charge in [0.15, 0.2) is 0 Å². The van der Waals surface area contributed by atoms with Crippen molar-refractivity contribution in [1.82, 2.24) is 0 Å². The van der Waals surface area contributed by atoms with Crippen LogP contribution in [-0.4, -0.2) is 18.4 Å². The van der Waals surface area contributed by atoms with E-state index in [1.807, 2.05) is 0 Å². The predicted octanol–water partition coefficient (Wildman–Crippen LogP) is 3.26. The number of amides is 2. The van der Waals surface area contributed by atoms with E-state index in [2.05, 4.69) is 5.32 Å². The van der Waals surface area contributed by atoms with Gasteiger partial charge in [-0.05, 0) is 48.9 Å². The molecular weight excluding hydrogens is 314 g/mol. The van der Waals surface area contributed by atoms with Crippen LogP contribution in [0.25, 0.3) is 0 Å². The highest BCUT2D eigenvalue weighted by Crippen LogP contribution is 2.27. The van der Waals surface area contributed by atoms with E-state index in [-0.39, 0.29) is 30.6 Å². The zero-order valence-electron chi connectivity index (χ0n) is 13.1. The van der Waals surface area contributed by atoms with Crippen LogP contribution in [0.5, 0.6) is 0 Å². The first kappa shape index (κ1) is 16.1. The second kappa shape index (κ2) is 6.39. The van der Waals surface area contributed by atoms with Gasteiger partial charge < -0.3 is 10.2 Å². The molecule has 1 atom stereocenters. The molecule has 4 nitrogen and oxygen atoms in total. The number of aryl methyl sites for hydroxylation is 1.